The largest absolute Gasteiger partial charge is 0.469 e. The maximum atomic E-state index is 13.9. The van der Waals surface area contributed by atoms with Crippen molar-refractivity contribution in [1.82, 2.24) is 4.57 Å². The van der Waals surface area contributed by atoms with E-state index in [2.05, 4.69) is 16.6 Å². The Kier molecular flexibility index (Phi) is 9.06. The van der Waals surface area contributed by atoms with Gasteiger partial charge in [0.15, 0.2) is 5.78 Å². The molecular formula is C38H36N2O6. The van der Waals surface area contributed by atoms with Gasteiger partial charge in [-0.15, -0.1) is 0 Å². The van der Waals surface area contributed by atoms with Crippen LogP contribution in [0, 0.1) is 5.92 Å². The van der Waals surface area contributed by atoms with Crippen LogP contribution in [-0.4, -0.2) is 40.9 Å². The van der Waals surface area contributed by atoms with Crippen molar-refractivity contribution in [3.63, 3.8) is 0 Å². The predicted molar refractivity (Wildman–Crippen MR) is 178 cm³/mol. The first kappa shape index (κ1) is 30.9. The molecule has 1 aliphatic carbocycles. The Balaban J connectivity index is 1.36. The van der Waals surface area contributed by atoms with Crippen LogP contribution in [0.5, 0.6) is 0 Å². The van der Waals surface area contributed by atoms with Crippen LogP contribution in [0.25, 0.3) is 32.6 Å². The Hall–Kier alpha value is -5.11. The highest BCUT2D eigenvalue weighted by atomic mass is 16.7. The average Bonchev–Trinajstić information content (AvgIpc) is 3.43. The smallest absolute Gasteiger partial charge is 0.366 e. The van der Waals surface area contributed by atoms with Crippen LogP contribution < -0.4 is 0 Å². The summed E-state index contributed by atoms with van der Waals surface area (Å²) in [6.45, 7) is 2.76. The van der Waals surface area contributed by atoms with E-state index in [4.69, 9.17) is 9.57 Å². The van der Waals surface area contributed by atoms with Crippen LogP contribution >= 0.6 is 0 Å². The Morgan fingerprint density at radius 3 is 2.17 bits per heavy atom. The molecule has 1 aromatic heterocycles. The Morgan fingerprint density at radius 2 is 1.46 bits per heavy atom. The summed E-state index contributed by atoms with van der Waals surface area (Å²) in [6, 6.07) is 23.9. The van der Waals surface area contributed by atoms with Crippen LogP contribution in [0.2, 0.25) is 0 Å². The summed E-state index contributed by atoms with van der Waals surface area (Å²) in [7, 11) is 1.27. The quantitative estimate of drug-likeness (QED) is 0.0517. The number of ketones is 2. The van der Waals surface area contributed by atoms with Gasteiger partial charge in [0.1, 0.15) is 5.71 Å². The van der Waals surface area contributed by atoms with Crippen molar-refractivity contribution >= 4 is 61.8 Å². The number of ether oxygens (including phenoxy) is 1. The zero-order valence-electron chi connectivity index (χ0n) is 26.1. The number of benzene rings is 4. The number of Topliss-reactive ketones (excluding diaryl/α,β-unsaturated/α-hetero) is 2. The molecule has 0 amide bonds. The molecule has 0 saturated heterocycles. The number of methoxy groups -OCH3 is 1. The van der Waals surface area contributed by atoms with Crippen molar-refractivity contribution in [3.05, 3.63) is 95.6 Å². The lowest BCUT2D eigenvalue weighted by molar-refractivity contribution is -0.140. The van der Waals surface area contributed by atoms with Crippen LogP contribution in [-0.2, 0) is 20.9 Å². The number of esters is 1. The van der Waals surface area contributed by atoms with E-state index < -0.39 is 17.7 Å². The molecule has 0 spiro atoms. The molecule has 6 rings (SSSR count). The van der Waals surface area contributed by atoms with Gasteiger partial charge >= 0.3 is 11.9 Å². The van der Waals surface area contributed by atoms with E-state index in [1.807, 2.05) is 54.6 Å². The molecule has 0 bridgehead atoms. The second-order valence-electron chi connectivity index (χ2n) is 11.8. The van der Waals surface area contributed by atoms with Crippen molar-refractivity contribution in [3.8, 4) is 0 Å². The minimum Gasteiger partial charge on any atom is -0.469 e. The van der Waals surface area contributed by atoms with E-state index in [0.29, 0.717) is 28.6 Å². The summed E-state index contributed by atoms with van der Waals surface area (Å²) in [5.41, 5.74) is 3.17. The number of oxime groups is 1. The molecule has 5 aromatic rings. The number of carbonyl (C=O) groups is 4. The number of hydrogen-bond acceptors (Lipinski definition) is 7. The molecule has 46 heavy (non-hydrogen) atoms. The SMILES string of the molecule is CCn1c2ccc(C(=O)/C(CCC(=O)OC)=N/OC(=O)c3cccc4ccccc34)cc2c2cc(C(=O)C3CCCCC3)ccc21. The van der Waals surface area contributed by atoms with Crippen molar-refractivity contribution in [2.45, 2.75) is 58.4 Å². The predicted octanol–water partition coefficient (Wildman–Crippen LogP) is 8.08. The van der Waals surface area contributed by atoms with E-state index in [-0.39, 0.29) is 30.3 Å². The minimum absolute atomic E-state index is 0.0491. The molecule has 0 unspecified atom stereocenters. The first-order chi connectivity index (χ1) is 22.4. The van der Waals surface area contributed by atoms with Gasteiger partial charge in [-0.05, 0) is 73.0 Å². The van der Waals surface area contributed by atoms with E-state index in [9.17, 15) is 19.2 Å². The summed E-state index contributed by atoms with van der Waals surface area (Å²) in [4.78, 5) is 57.8. The van der Waals surface area contributed by atoms with Gasteiger partial charge in [0.05, 0.1) is 19.1 Å². The van der Waals surface area contributed by atoms with Crippen LogP contribution in [0.15, 0.2) is 84.0 Å². The molecule has 1 heterocycles. The number of rotatable bonds is 10. The highest BCUT2D eigenvalue weighted by Gasteiger charge is 2.24. The van der Waals surface area contributed by atoms with Crippen molar-refractivity contribution in [1.29, 1.82) is 0 Å². The second kappa shape index (κ2) is 13.5. The van der Waals surface area contributed by atoms with Gasteiger partial charge in [-0.3, -0.25) is 14.4 Å². The summed E-state index contributed by atoms with van der Waals surface area (Å²) < 4.78 is 6.94. The monoisotopic (exact) mass is 616 g/mol. The lowest BCUT2D eigenvalue weighted by Gasteiger charge is -2.20. The molecule has 4 aromatic carbocycles. The number of aryl methyl sites for hydroxylation is 1. The van der Waals surface area contributed by atoms with Gasteiger partial charge in [-0.25, -0.2) is 4.79 Å². The van der Waals surface area contributed by atoms with Crippen LogP contribution in [0.1, 0.15) is 82.9 Å². The van der Waals surface area contributed by atoms with E-state index in [1.54, 1.807) is 24.3 Å². The number of hydrogen-bond donors (Lipinski definition) is 0. The zero-order chi connectivity index (χ0) is 32.2. The molecule has 8 heteroatoms. The highest BCUT2D eigenvalue weighted by molar-refractivity contribution is 6.46. The topological polar surface area (TPSA) is 104 Å². The molecule has 0 N–H and O–H groups in total. The van der Waals surface area contributed by atoms with Crippen molar-refractivity contribution < 1.29 is 28.8 Å². The van der Waals surface area contributed by atoms with Gasteiger partial charge in [0.25, 0.3) is 0 Å². The third-order valence-electron chi connectivity index (χ3n) is 9.01. The maximum Gasteiger partial charge on any atom is 0.366 e. The summed E-state index contributed by atoms with van der Waals surface area (Å²) >= 11 is 0. The lowest BCUT2D eigenvalue weighted by Crippen LogP contribution is -2.18. The van der Waals surface area contributed by atoms with Gasteiger partial charge < -0.3 is 14.1 Å². The zero-order valence-corrected chi connectivity index (χ0v) is 26.1. The van der Waals surface area contributed by atoms with Gasteiger partial charge in [0.2, 0.25) is 5.78 Å². The number of aromatic nitrogens is 1. The fourth-order valence-corrected chi connectivity index (χ4v) is 6.58. The first-order valence-corrected chi connectivity index (χ1v) is 15.9. The Labute approximate surface area is 267 Å². The minimum atomic E-state index is -0.711. The Bertz CT molecular complexity index is 2010. The fraction of sp³-hybridized carbons (Fsp3) is 0.289. The highest BCUT2D eigenvalue weighted by Crippen LogP contribution is 2.33. The van der Waals surface area contributed by atoms with E-state index >= 15 is 0 Å². The number of carbonyl (C=O) groups excluding carboxylic acids is 4. The fourth-order valence-electron chi connectivity index (χ4n) is 6.58. The third kappa shape index (κ3) is 6.07. The standard InChI is InChI=1S/C38H36N2O6/c1-3-40-33-19-16-26(36(42)25-11-5-4-6-12-25)22-30(33)31-23-27(17-20-34(31)40)37(43)32(18-21-35(41)45-2)39-46-38(44)29-15-9-13-24-10-7-8-14-28(24)29/h7-10,13-17,19-20,22-23,25H,3-6,11-12,18,21H2,1-2H3/b39-32+. The molecule has 1 fully saturated rings. The summed E-state index contributed by atoms with van der Waals surface area (Å²) in [5.74, 6) is -1.47. The normalized spacial score (nSPS) is 14.1. The first-order valence-electron chi connectivity index (χ1n) is 15.9. The Morgan fingerprint density at radius 1 is 0.783 bits per heavy atom. The molecule has 8 nitrogen and oxygen atoms in total. The van der Waals surface area contributed by atoms with Crippen LogP contribution in [0.3, 0.4) is 0 Å². The molecule has 1 aliphatic rings. The second-order valence-corrected chi connectivity index (χ2v) is 11.8. The maximum absolute atomic E-state index is 13.9. The van der Waals surface area contributed by atoms with Gasteiger partial charge in [-0.2, -0.15) is 0 Å². The number of fused-ring (bicyclic) bond motifs is 4. The molecule has 0 atom stereocenters. The molecule has 0 radical (unpaired) electrons. The van der Waals surface area contributed by atoms with Gasteiger partial charge in [-0.1, -0.05) is 60.8 Å². The van der Waals surface area contributed by atoms with Crippen molar-refractivity contribution in [2.75, 3.05) is 7.11 Å². The average molecular weight is 617 g/mol. The van der Waals surface area contributed by atoms with Gasteiger partial charge in [0, 0.05) is 51.8 Å². The third-order valence-corrected chi connectivity index (χ3v) is 9.01. The summed E-state index contributed by atoms with van der Waals surface area (Å²) in [6.07, 6.45) is 4.99. The van der Waals surface area contributed by atoms with E-state index in [0.717, 1.165) is 52.9 Å². The molecule has 0 aliphatic heterocycles. The number of nitrogens with zero attached hydrogens (tertiary/aromatic N) is 2. The molecule has 1 saturated carbocycles. The van der Waals surface area contributed by atoms with Crippen LogP contribution in [0.4, 0.5) is 0 Å². The van der Waals surface area contributed by atoms with Crippen molar-refractivity contribution in [2.24, 2.45) is 11.1 Å². The molecule has 234 valence electrons. The lowest BCUT2D eigenvalue weighted by atomic mass is 9.83. The molecular weight excluding hydrogens is 580 g/mol. The summed E-state index contributed by atoms with van der Waals surface area (Å²) in [5, 5.41) is 7.30. The van der Waals surface area contributed by atoms with E-state index in [1.165, 1.54) is 13.5 Å².